The van der Waals surface area contributed by atoms with Crippen LogP contribution in [0.5, 0.6) is 17.2 Å². The van der Waals surface area contributed by atoms with Crippen molar-refractivity contribution in [2.75, 3.05) is 20.8 Å². The number of hydrogen-bond acceptors (Lipinski definition) is 8. The van der Waals surface area contributed by atoms with Crippen LogP contribution in [0.25, 0.3) is 6.08 Å². The maximum atomic E-state index is 13.7. The molecule has 1 aromatic heterocycles. The number of para-hydroxylation sites is 1. The normalized spacial score (nSPS) is 15.3. The fourth-order valence-corrected chi connectivity index (χ4v) is 5.11. The minimum atomic E-state index is -3.02. The predicted molar refractivity (Wildman–Crippen MR) is 133 cm³/mol. The fourth-order valence-electron chi connectivity index (χ4n) is 4.07. The second-order valence-corrected chi connectivity index (χ2v) is 8.84. The molecule has 1 atom stereocenters. The minimum Gasteiger partial charge on any atom is -0.493 e. The van der Waals surface area contributed by atoms with Crippen LogP contribution in [0.1, 0.15) is 31.0 Å². The first-order valence-corrected chi connectivity index (χ1v) is 12.1. The maximum absolute atomic E-state index is 13.7. The molecule has 0 saturated heterocycles. The predicted octanol–water partition coefficient (Wildman–Crippen LogP) is 3.42. The standard InChI is InChI=1S/C26H24F2N2O6S/c1-5-35-24(32)21-14(2)29-26-30(22(21)16-10-11-18(33-3)19(12-16)34-4)23(31)20(37-26)13-15-8-6-7-9-17(15)36-25(27)28/h6-13,22,25H,5H2,1-4H3/b20-13+/t22-/m1/s1. The second kappa shape index (κ2) is 11.0. The highest BCUT2D eigenvalue weighted by Gasteiger charge is 2.34. The largest absolute Gasteiger partial charge is 0.493 e. The van der Waals surface area contributed by atoms with E-state index in [1.54, 1.807) is 50.2 Å². The van der Waals surface area contributed by atoms with Crippen LogP contribution in [-0.2, 0) is 9.53 Å². The van der Waals surface area contributed by atoms with E-state index in [2.05, 4.69) is 9.73 Å². The third-order valence-electron chi connectivity index (χ3n) is 5.66. The van der Waals surface area contributed by atoms with Crippen LogP contribution in [0.2, 0.25) is 0 Å². The molecule has 37 heavy (non-hydrogen) atoms. The number of benzene rings is 2. The zero-order valence-corrected chi connectivity index (χ0v) is 21.3. The van der Waals surface area contributed by atoms with E-state index in [-0.39, 0.29) is 22.5 Å². The molecule has 0 bridgehead atoms. The van der Waals surface area contributed by atoms with Crippen molar-refractivity contribution >= 4 is 23.4 Å². The van der Waals surface area contributed by atoms with Crippen LogP contribution in [0, 0.1) is 0 Å². The van der Waals surface area contributed by atoms with Crippen LogP contribution in [-0.4, -0.2) is 38.0 Å². The van der Waals surface area contributed by atoms with Crippen LogP contribution in [0.3, 0.4) is 0 Å². The molecule has 0 amide bonds. The number of hydrogen-bond donors (Lipinski definition) is 0. The summed E-state index contributed by atoms with van der Waals surface area (Å²) in [5.74, 6) is 0.224. The Hall–Kier alpha value is -3.99. The number of alkyl halides is 2. The molecule has 2 heterocycles. The Balaban J connectivity index is 1.96. The number of carbonyl (C=O) groups is 1. The second-order valence-electron chi connectivity index (χ2n) is 7.83. The van der Waals surface area contributed by atoms with Gasteiger partial charge in [0.2, 0.25) is 0 Å². The van der Waals surface area contributed by atoms with Gasteiger partial charge in [-0.25, -0.2) is 9.79 Å². The summed E-state index contributed by atoms with van der Waals surface area (Å²) < 4.78 is 48.1. The Labute approximate surface area is 214 Å². The van der Waals surface area contributed by atoms with Gasteiger partial charge in [-0.05, 0) is 43.7 Å². The van der Waals surface area contributed by atoms with Gasteiger partial charge in [0.15, 0.2) is 16.3 Å². The molecule has 3 aromatic rings. The van der Waals surface area contributed by atoms with Gasteiger partial charge in [0.05, 0.1) is 42.7 Å². The number of carbonyl (C=O) groups excluding carboxylic acids is 1. The Kier molecular flexibility index (Phi) is 7.72. The van der Waals surface area contributed by atoms with E-state index in [9.17, 15) is 18.4 Å². The first-order chi connectivity index (χ1) is 17.8. The summed E-state index contributed by atoms with van der Waals surface area (Å²) >= 11 is 1.07. The van der Waals surface area contributed by atoms with Crippen LogP contribution in [0.4, 0.5) is 8.78 Å². The molecule has 0 N–H and O–H groups in total. The zero-order valence-electron chi connectivity index (χ0n) is 20.5. The van der Waals surface area contributed by atoms with Gasteiger partial charge in [0, 0.05) is 5.56 Å². The first kappa shape index (κ1) is 26.1. The molecule has 0 aliphatic carbocycles. The molecule has 0 saturated carbocycles. The SMILES string of the molecule is CCOC(=O)C1=C(C)N=c2s/c(=C/c3ccccc3OC(F)F)c(=O)n2[C@@H]1c1ccc(OC)c(OC)c1. The molecule has 2 aromatic carbocycles. The van der Waals surface area contributed by atoms with Crippen LogP contribution >= 0.6 is 11.3 Å². The van der Waals surface area contributed by atoms with Gasteiger partial charge in [-0.2, -0.15) is 8.78 Å². The van der Waals surface area contributed by atoms with Gasteiger partial charge in [0.1, 0.15) is 5.75 Å². The number of nitrogens with zero attached hydrogens (tertiary/aromatic N) is 2. The lowest BCUT2D eigenvalue weighted by atomic mass is 9.95. The van der Waals surface area contributed by atoms with Crippen molar-refractivity contribution in [2.45, 2.75) is 26.5 Å². The number of aromatic nitrogens is 1. The summed E-state index contributed by atoms with van der Waals surface area (Å²) in [4.78, 5) is 31.6. The maximum Gasteiger partial charge on any atom is 0.387 e. The minimum absolute atomic E-state index is 0.0665. The number of ether oxygens (including phenoxy) is 4. The van der Waals surface area contributed by atoms with Crippen molar-refractivity contribution < 1.29 is 32.5 Å². The van der Waals surface area contributed by atoms with Crippen molar-refractivity contribution in [3.63, 3.8) is 0 Å². The first-order valence-electron chi connectivity index (χ1n) is 11.2. The number of fused-ring (bicyclic) bond motifs is 1. The van der Waals surface area contributed by atoms with E-state index in [4.69, 9.17) is 14.2 Å². The number of methoxy groups -OCH3 is 2. The molecule has 1 aliphatic heterocycles. The van der Waals surface area contributed by atoms with Gasteiger partial charge in [-0.3, -0.25) is 9.36 Å². The molecule has 0 unspecified atom stereocenters. The smallest absolute Gasteiger partial charge is 0.387 e. The van der Waals surface area contributed by atoms with Crippen molar-refractivity contribution in [1.29, 1.82) is 0 Å². The quantitative estimate of drug-likeness (QED) is 0.415. The summed E-state index contributed by atoms with van der Waals surface area (Å²) in [6.07, 6.45) is 1.47. The summed E-state index contributed by atoms with van der Waals surface area (Å²) in [6.45, 7) is 0.478. The summed E-state index contributed by atoms with van der Waals surface area (Å²) in [6, 6.07) is 10.4. The summed E-state index contributed by atoms with van der Waals surface area (Å²) in [5.41, 5.74) is 1.02. The van der Waals surface area contributed by atoms with Crippen molar-refractivity contribution in [3.05, 3.63) is 84.5 Å². The Bertz CT molecular complexity index is 1540. The lowest BCUT2D eigenvalue weighted by Crippen LogP contribution is -2.40. The lowest BCUT2D eigenvalue weighted by molar-refractivity contribution is -0.139. The van der Waals surface area contributed by atoms with Gasteiger partial charge < -0.3 is 18.9 Å². The van der Waals surface area contributed by atoms with E-state index in [0.717, 1.165) is 11.3 Å². The molecule has 0 fully saturated rings. The number of halogens is 2. The lowest BCUT2D eigenvalue weighted by Gasteiger charge is -2.25. The molecular formula is C26H24F2N2O6S. The molecular weight excluding hydrogens is 506 g/mol. The van der Waals surface area contributed by atoms with Gasteiger partial charge in [-0.15, -0.1) is 0 Å². The summed E-state index contributed by atoms with van der Waals surface area (Å²) in [5, 5.41) is 0. The molecule has 8 nitrogen and oxygen atoms in total. The van der Waals surface area contributed by atoms with Gasteiger partial charge in [0.25, 0.3) is 5.56 Å². The third-order valence-corrected chi connectivity index (χ3v) is 6.64. The fraction of sp³-hybridized carbons (Fsp3) is 0.269. The molecule has 194 valence electrons. The molecule has 1 aliphatic rings. The van der Waals surface area contributed by atoms with Crippen molar-refractivity contribution in [3.8, 4) is 17.2 Å². The monoisotopic (exact) mass is 530 g/mol. The van der Waals surface area contributed by atoms with Gasteiger partial charge in [-0.1, -0.05) is 35.6 Å². The highest BCUT2D eigenvalue weighted by Crippen LogP contribution is 2.36. The van der Waals surface area contributed by atoms with Crippen molar-refractivity contribution in [1.82, 2.24) is 4.57 Å². The molecule has 0 spiro atoms. The Morgan fingerprint density at radius 1 is 1.14 bits per heavy atom. The van der Waals surface area contributed by atoms with Gasteiger partial charge >= 0.3 is 12.6 Å². The number of rotatable bonds is 8. The van der Waals surface area contributed by atoms with Crippen LogP contribution in [0.15, 0.2) is 63.5 Å². The van der Waals surface area contributed by atoms with E-state index in [0.29, 0.717) is 33.1 Å². The molecule has 11 heteroatoms. The summed E-state index contributed by atoms with van der Waals surface area (Å²) in [7, 11) is 2.99. The Morgan fingerprint density at radius 2 is 1.86 bits per heavy atom. The number of allylic oxidation sites excluding steroid dienone is 1. The number of thiazole rings is 1. The molecule has 4 rings (SSSR count). The van der Waals surface area contributed by atoms with E-state index < -0.39 is 24.2 Å². The average molecular weight is 531 g/mol. The third kappa shape index (κ3) is 5.12. The highest BCUT2D eigenvalue weighted by molar-refractivity contribution is 7.07. The Morgan fingerprint density at radius 3 is 2.54 bits per heavy atom. The molecule has 0 radical (unpaired) electrons. The van der Waals surface area contributed by atoms with E-state index >= 15 is 0 Å². The van der Waals surface area contributed by atoms with E-state index in [1.165, 1.54) is 30.9 Å². The van der Waals surface area contributed by atoms with E-state index in [1.807, 2.05) is 0 Å². The zero-order chi connectivity index (χ0) is 26.7. The van der Waals surface area contributed by atoms with Crippen LogP contribution < -0.4 is 29.1 Å². The number of esters is 1. The average Bonchev–Trinajstić information content (AvgIpc) is 3.17. The topological polar surface area (TPSA) is 88.4 Å². The van der Waals surface area contributed by atoms with Crippen molar-refractivity contribution in [2.24, 2.45) is 4.99 Å². The highest BCUT2D eigenvalue weighted by atomic mass is 32.1.